The number of unbranched alkanes of at least 4 members (excludes halogenated alkanes) is 1. The van der Waals surface area contributed by atoms with Crippen LogP contribution in [0.4, 0.5) is 0 Å². The molecule has 0 heterocycles. The van der Waals surface area contributed by atoms with E-state index in [0.717, 1.165) is 18.9 Å². The van der Waals surface area contributed by atoms with Crippen LogP contribution in [0.15, 0.2) is 0 Å². The van der Waals surface area contributed by atoms with Crippen molar-refractivity contribution in [1.29, 1.82) is 0 Å². The molecule has 0 saturated heterocycles. The van der Waals surface area contributed by atoms with Crippen LogP contribution in [0.2, 0.25) is 0 Å². The van der Waals surface area contributed by atoms with Gasteiger partial charge in [0.1, 0.15) is 0 Å². The molecular weight excluding hydrogens is 198 g/mol. The Morgan fingerprint density at radius 2 is 1.88 bits per heavy atom. The van der Waals surface area contributed by atoms with Gasteiger partial charge in [0.25, 0.3) is 0 Å². The van der Waals surface area contributed by atoms with Crippen LogP contribution >= 0.6 is 0 Å². The van der Waals surface area contributed by atoms with Crippen LogP contribution in [-0.2, 0) is 4.74 Å². The van der Waals surface area contributed by atoms with Gasteiger partial charge in [-0.25, -0.2) is 0 Å². The number of hydrogen-bond donors (Lipinski definition) is 1. The highest BCUT2D eigenvalue weighted by Crippen LogP contribution is 2.14. The summed E-state index contributed by atoms with van der Waals surface area (Å²) in [6.07, 6.45) is 6.67. The van der Waals surface area contributed by atoms with Gasteiger partial charge < -0.3 is 10.1 Å². The average Bonchev–Trinajstić information content (AvgIpc) is 2.29. The van der Waals surface area contributed by atoms with E-state index < -0.39 is 0 Å². The second-order valence-electron chi connectivity index (χ2n) is 4.99. The molecule has 0 aliphatic rings. The number of rotatable bonds is 10. The predicted octanol–water partition coefficient (Wildman–Crippen LogP) is 3.61. The van der Waals surface area contributed by atoms with Crippen LogP contribution in [0.25, 0.3) is 0 Å². The molecule has 1 N–H and O–H groups in total. The standard InChI is InChI=1S/C14H31NO/c1-6-8-9-14(7-2)11-16-13(4)10-12(3)15-5/h12-15H,6-11H2,1-5H3. The second kappa shape index (κ2) is 10.1. The first-order valence-electron chi connectivity index (χ1n) is 6.92. The van der Waals surface area contributed by atoms with E-state index in [1.807, 2.05) is 7.05 Å². The summed E-state index contributed by atoms with van der Waals surface area (Å²) >= 11 is 0. The van der Waals surface area contributed by atoms with Gasteiger partial charge in [0.15, 0.2) is 0 Å². The van der Waals surface area contributed by atoms with E-state index >= 15 is 0 Å². The topological polar surface area (TPSA) is 21.3 Å². The Hall–Kier alpha value is -0.0800. The lowest BCUT2D eigenvalue weighted by Gasteiger charge is -2.21. The van der Waals surface area contributed by atoms with Crippen LogP contribution in [0, 0.1) is 5.92 Å². The van der Waals surface area contributed by atoms with Gasteiger partial charge in [-0.3, -0.25) is 0 Å². The van der Waals surface area contributed by atoms with Gasteiger partial charge in [-0.05, 0) is 39.7 Å². The van der Waals surface area contributed by atoms with Crippen molar-refractivity contribution in [1.82, 2.24) is 5.32 Å². The van der Waals surface area contributed by atoms with Crippen molar-refractivity contribution in [2.24, 2.45) is 5.92 Å². The summed E-state index contributed by atoms with van der Waals surface area (Å²) in [7, 11) is 2.01. The van der Waals surface area contributed by atoms with Gasteiger partial charge in [0.05, 0.1) is 6.10 Å². The first-order valence-corrected chi connectivity index (χ1v) is 6.92. The molecule has 0 fully saturated rings. The van der Waals surface area contributed by atoms with E-state index in [9.17, 15) is 0 Å². The Balaban J connectivity index is 3.65. The Morgan fingerprint density at radius 1 is 1.19 bits per heavy atom. The molecule has 0 aromatic heterocycles. The van der Waals surface area contributed by atoms with Crippen molar-refractivity contribution in [2.75, 3.05) is 13.7 Å². The third-order valence-corrected chi connectivity index (χ3v) is 3.34. The van der Waals surface area contributed by atoms with Gasteiger partial charge in [-0.15, -0.1) is 0 Å². The van der Waals surface area contributed by atoms with Crippen molar-refractivity contribution in [2.45, 2.75) is 71.9 Å². The molecule has 0 spiro atoms. The highest BCUT2D eigenvalue weighted by molar-refractivity contribution is 4.64. The van der Waals surface area contributed by atoms with E-state index in [-0.39, 0.29) is 0 Å². The molecule has 0 rings (SSSR count). The molecule has 0 aliphatic carbocycles. The molecule has 3 atom stereocenters. The molecule has 0 bridgehead atoms. The summed E-state index contributed by atoms with van der Waals surface area (Å²) in [5.74, 6) is 0.757. The zero-order valence-electron chi connectivity index (χ0n) is 11.9. The summed E-state index contributed by atoms with van der Waals surface area (Å²) in [4.78, 5) is 0. The third kappa shape index (κ3) is 8.12. The van der Waals surface area contributed by atoms with Crippen molar-refractivity contribution in [3.8, 4) is 0 Å². The largest absolute Gasteiger partial charge is 0.378 e. The Labute approximate surface area is 102 Å². The summed E-state index contributed by atoms with van der Waals surface area (Å²) < 4.78 is 5.92. The minimum atomic E-state index is 0.373. The summed E-state index contributed by atoms with van der Waals surface area (Å²) in [5.41, 5.74) is 0. The highest BCUT2D eigenvalue weighted by Gasteiger charge is 2.11. The maximum atomic E-state index is 5.92. The molecule has 0 amide bonds. The smallest absolute Gasteiger partial charge is 0.0561 e. The van der Waals surface area contributed by atoms with Crippen LogP contribution < -0.4 is 5.32 Å². The molecule has 0 radical (unpaired) electrons. The molecule has 16 heavy (non-hydrogen) atoms. The maximum Gasteiger partial charge on any atom is 0.0561 e. The van der Waals surface area contributed by atoms with Gasteiger partial charge in [-0.2, -0.15) is 0 Å². The van der Waals surface area contributed by atoms with E-state index in [1.165, 1.54) is 25.7 Å². The minimum absolute atomic E-state index is 0.373. The first kappa shape index (κ1) is 15.9. The molecular formula is C14H31NO. The first-order chi connectivity index (χ1) is 7.63. The number of ether oxygens (including phenoxy) is 1. The monoisotopic (exact) mass is 229 g/mol. The van der Waals surface area contributed by atoms with Crippen molar-refractivity contribution in [3.63, 3.8) is 0 Å². The lowest BCUT2D eigenvalue weighted by molar-refractivity contribution is 0.0276. The lowest BCUT2D eigenvalue weighted by atomic mass is 10.0. The highest BCUT2D eigenvalue weighted by atomic mass is 16.5. The molecule has 98 valence electrons. The zero-order chi connectivity index (χ0) is 12.4. The molecule has 0 saturated carbocycles. The second-order valence-corrected chi connectivity index (χ2v) is 4.99. The average molecular weight is 229 g/mol. The number of hydrogen-bond acceptors (Lipinski definition) is 2. The Bertz CT molecular complexity index is 150. The van der Waals surface area contributed by atoms with Crippen molar-refractivity contribution in [3.05, 3.63) is 0 Å². The summed E-state index contributed by atoms with van der Waals surface area (Å²) in [6.45, 7) is 9.85. The minimum Gasteiger partial charge on any atom is -0.378 e. The van der Waals surface area contributed by atoms with Gasteiger partial charge >= 0.3 is 0 Å². The molecule has 0 aliphatic heterocycles. The van der Waals surface area contributed by atoms with E-state index in [2.05, 4.69) is 33.0 Å². The quantitative estimate of drug-likeness (QED) is 0.618. The fourth-order valence-corrected chi connectivity index (χ4v) is 1.88. The predicted molar refractivity (Wildman–Crippen MR) is 71.9 cm³/mol. The maximum absolute atomic E-state index is 5.92. The lowest BCUT2D eigenvalue weighted by Crippen LogP contribution is -2.27. The van der Waals surface area contributed by atoms with Crippen molar-refractivity contribution >= 4 is 0 Å². The van der Waals surface area contributed by atoms with Gasteiger partial charge in [0.2, 0.25) is 0 Å². The molecule has 0 aromatic carbocycles. The zero-order valence-corrected chi connectivity index (χ0v) is 11.9. The van der Waals surface area contributed by atoms with Crippen molar-refractivity contribution < 1.29 is 4.74 Å². The van der Waals surface area contributed by atoms with Crippen LogP contribution in [0.1, 0.15) is 59.8 Å². The Kier molecular flexibility index (Phi) is 10.0. The fraction of sp³-hybridized carbons (Fsp3) is 1.00. The summed E-state index contributed by atoms with van der Waals surface area (Å²) in [6, 6.07) is 0.547. The van der Waals surface area contributed by atoms with Crippen LogP contribution in [-0.4, -0.2) is 25.8 Å². The molecule has 0 aromatic rings. The van der Waals surface area contributed by atoms with E-state index in [1.54, 1.807) is 0 Å². The molecule has 2 heteroatoms. The van der Waals surface area contributed by atoms with E-state index in [4.69, 9.17) is 4.74 Å². The van der Waals surface area contributed by atoms with Gasteiger partial charge in [-0.1, -0.05) is 33.1 Å². The summed E-state index contributed by atoms with van der Waals surface area (Å²) in [5, 5.41) is 3.25. The van der Waals surface area contributed by atoms with E-state index in [0.29, 0.717) is 12.1 Å². The van der Waals surface area contributed by atoms with Gasteiger partial charge in [0, 0.05) is 12.6 Å². The number of nitrogens with one attached hydrogen (secondary N) is 1. The van der Waals surface area contributed by atoms with Crippen LogP contribution in [0.5, 0.6) is 0 Å². The SMILES string of the molecule is CCCCC(CC)COC(C)CC(C)NC. The Morgan fingerprint density at radius 3 is 2.38 bits per heavy atom. The third-order valence-electron chi connectivity index (χ3n) is 3.34. The molecule has 3 unspecified atom stereocenters. The molecule has 2 nitrogen and oxygen atoms in total. The van der Waals surface area contributed by atoms with Crippen LogP contribution in [0.3, 0.4) is 0 Å². The fourth-order valence-electron chi connectivity index (χ4n) is 1.88. The normalized spacial score (nSPS) is 17.1.